The maximum atomic E-state index is 12.6. The van der Waals surface area contributed by atoms with Gasteiger partial charge in [-0.3, -0.25) is 9.59 Å². The summed E-state index contributed by atoms with van der Waals surface area (Å²) in [5.74, 6) is -0.395. The van der Waals surface area contributed by atoms with E-state index in [4.69, 9.17) is 4.74 Å². The average Bonchev–Trinajstić information content (AvgIpc) is 2.53. The molecule has 5 nitrogen and oxygen atoms in total. The number of nitrogens with one attached hydrogen (secondary N) is 1. The summed E-state index contributed by atoms with van der Waals surface area (Å²) in [6.45, 7) is 0.0855. The number of aromatic nitrogens is 1. The molecule has 0 aliphatic heterocycles. The topological polar surface area (TPSA) is 60.3 Å². The van der Waals surface area contributed by atoms with Gasteiger partial charge in [0, 0.05) is 24.9 Å². The second kappa shape index (κ2) is 7.20. The first-order valence-corrected chi connectivity index (χ1v) is 7.02. The molecule has 0 unspecified atom stereocenters. The fourth-order valence-corrected chi connectivity index (χ4v) is 1.89. The van der Waals surface area contributed by atoms with E-state index >= 15 is 0 Å². The number of benzene rings is 1. The van der Waals surface area contributed by atoms with Gasteiger partial charge in [0.05, 0.1) is 12.1 Å². The molecular formula is C16H15F3N2O3. The van der Waals surface area contributed by atoms with Crippen molar-refractivity contribution in [3.63, 3.8) is 0 Å². The lowest BCUT2D eigenvalue weighted by Gasteiger charge is -2.11. The molecule has 8 heteroatoms. The minimum absolute atomic E-state index is 0.00209. The number of amides is 1. The summed E-state index contributed by atoms with van der Waals surface area (Å²) in [5.41, 5.74) is -0.913. The van der Waals surface area contributed by atoms with Crippen LogP contribution >= 0.6 is 0 Å². The zero-order valence-electron chi connectivity index (χ0n) is 12.8. The van der Waals surface area contributed by atoms with E-state index in [0.29, 0.717) is 0 Å². The first-order chi connectivity index (χ1) is 11.3. The van der Waals surface area contributed by atoms with Gasteiger partial charge in [-0.1, -0.05) is 6.07 Å². The van der Waals surface area contributed by atoms with Crippen molar-refractivity contribution < 1.29 is 22.7 Å². The van der Waals surface area contributed by atoms with E-state index in [1.54, 1.807) is 7.05 Å². The maximum Gasteiger partial charge on any atom is 0.416 e. The number of nitrogens with zero attached hydrogens (tertiary/aromatic N) is 1. The molecule has 2 rings (SSSR count). The highest BCUT2D eigenvalue weighted by Gasteiger charge is 2.30. The molecule has 0 fully saturated rings. The number of carbonyl (C=O) groups is 1. The minimum Gasteiger partial charge on any atom is -0.492 e. The molecule has 0 atom stereocenters. The predicted molar refractivity (Wildman–Crippen MR) is 81.0 cm³/mol. The van der Waals surface area contributed by atoms with Crippen LogP contribution in [0.25, 0.3) is 0 Å². The Morgan fingerprint density at radius 1 is 1.25 bits per heavy atom. The van der Waals surface area contributed by atoms with Crippen LogP contribution in [0.15, 0.2) is 47.4 Å². The van der Waals surface area contributed by atoms with Crippen molar-refractivity contribution in [1.82, 2.24) is 9.88 Å². The van der Waals surface area contributed by atoms with Gasteiger partial charge in [0.2, 0.25) is 0 Å². The van der Waals surface area contributed by atoms with Crippen molar-refractivity contribution in [3.05, 3.63) is 64.1 Å². The van der Waals surface area contributed by atoms with Crippen LogP contribution < -0.4 is 15.6 Å². The highest BCUT2D eigenvalue weighted by molar-refractivity contribution is 5.93. The van der Waals surface area contributed by atoms with Crippen LogP contribution in [0.4, 0.5) is 13.2 Å². The summed E-state index contributed by atoms with van der Waals surface area (Å²) in [5, 5.41) is 2.53. The van der Waals surface area contributed by atoms with E-state index < -0.39 is 17.6 Å². The second-order valence-electron chi connectivity index (χ2n) is 4.99. The maximum absolute atomic E-state index is 12.6. The lowest BCUT2D eigenvalue weighted by Crippen LogP contribution is -2.29. The molecule has 0 aliphatic rings. The Labute approximate surface area is 135 Å². The molecule has 0 aliphatic carbocycles. The fraction of sp³-hybridized carbons (Fsp3) is 0.250. The van der Waals surface area contributed by atoms with Crippen LogP contribution in [0.2, 0.25) is 0 Å². The summed E-state index contributed by atoms with van der Waals surface area (Å²) in [6, 6.07) is 7.18. The summed E-state index contributed by atoms with van der Waals surface area (Å²) in [4.78, 5) is 23.3. The van der Waals surface area contributed by atoms with Gasteiger partial charge in [0.25, 0.3) is 11.5 Å². The summed E-state index contributed by atoms with van der Waals surface area (Å²) >= 11 is 0. The molecule has 0 bridgehead atoms. The molecule has 0 saturated heterocycles. The predicted octanol–water partition coefficient (Wildman–Crippen LogP) is 2.21. The molecule has 1 amide bonds. The Bertz CT molecular complexity index is 785. The Morgan fingerprint density at radius 3 is 2.67 bits per heavy atom. The molecule has 24 heavy (non-hydrogen) atoms. The Morgan fingerprint density at radius 2 is 2.00 bits per heavy atom. The zero-order valence-corrected chi connectivity index (χ0v) is 12.8. The molecular weight excluding hydrogens is 325 g/mol. The van der Waals surface area contributed by atoms with Gasteiger partial charge in [-0.05, 0) is 24.3 Å². The van der Waals surface area contributed by atoms with Gasteiger partial charge >= 0.3 is 6.18 Å². The molecule has 1 N–H and O–H groups in total. The third kappa shape index (κ3) is 4.61. The molecule has 128 valence electrons. The van der Waals surface area contributed by atoms with E-state index in [1.165, 1.54) is 35.0 Å². The smallest absolute Gasteiger partial charge is 0.416 e. The van der Waals surface area contributed by atoms with Gasteiger partial charge in [-0.15, -0.1) is 0 Å². The minimum atomic E-state index is -4.44. The highest BCUT2D eigenvalue weighted by Crippen LogP contribution is 2.31. The van der Waals surface area contributed by atoms with E-state index in [9.17, 15) is 22.8 Å². The van der Waals surface area contributed by atoms with Gasteiger partial charge in [-0.25, -0.2) is 0 Å². The van der Waals surface area contributed by atoms with Crippen LogP contribution in [0.1, 0.15) is 15.9 Å². The van der Waals surface area contributed by atoms with Crippen molar-refractivity contribution in [2.75, 3.05) is 13.2 Å². The van der Waals surface area contributed by atoms with Crippen molar-refractivity contribution >= 4 is 5.91 Å². The molecule has 0 radical (unpaired) electrons. The number of hydrogen-bond acceptors (Lipinski definition) is 3. The molecule has 0 spiro atoms. The standard InChI is InChI=1S/C16H15F3N2O3/c1-21-7-5-11(9-14(21)22)15(23)20-6-8-24-13-4-2-3-12(10-13)16(17,18)19/h2-5,7,9-10H,6,8H2,1H3,(H,20,23). The van der Waals surface area contributed by atoms with Crippen LogP contribution in [0.5, 0.6) is 5.75 Å². The number of pyridine rings is 1. The van der Waals surface area contributed by atoms with E-state index in [2.05, 4.69) is 5.32 Å². The van der Waals surface area contributed by atoms with E-state index in [1.807, 2.05) is 0 Å². The normalized spacial score (nSPS) is 11.2. The number of rotatable bonds is 5. The average molecular weight is 340 g/mol. The summed E-state index contributed by atoms with van der Waals surface area (Å²) in [7, 11) is 1.56. The summed E-state index contributed by atoms with van der Waals surface area (Å²) in [6.07, 6.45) is -2.97. The Balaban J connectivity index is 1.85. The Kier molecular flexibility index (Phi) is 5.28. The van der Waals surface area contributed by atoms with E-state index in [-0.39, 0.29) is 30.0 Å². The van der Waals surface area contributed by atoms with Gasteiger partial charge in [0.15, 0.2) is 0 Å². The first-order valence-electron chi connectivity index (χ1n) is 7.02. The third-order valence-corrected chi connectivity index (χ3v) is 3.18. The quantitative estimate of drug-likeness (QED) is 0.849. The molecule has 0 saturated carbocycles. The lowest BCUT2D eigenvalue weighted by molar-refractivity contribution is -0.137. The molecule has 1 aromatic carbocycles. The van der Waals surface area contributed by atoms with Crippen molar-refractivity contribution in [2.24, 2.45) is 7.05 Å². The van der Waals surface area contributed by atoms with Crippen LogP contribution in [-0.4, -0.2) is 23.6 Å². The number of aryl methyl sites for hydroxylation is 1. The van der Waals surface area contributed by atoms with Gasteiger partial charge < -0.3 is 14.6 Å². The number of ether oxygens (including phenoxy) is 1. The zero-order chi connectivity index (χ0) is 17.7. The number of hydrogen-bond donors (Lipinski definition) is 1. The first kappa shape index (κ1) is 17.6. The monoisotopic (exact) mass is 340 g/mol. The van der Waals surface area contributed by atoms with Crippen molar-refractivity contribution in [3.8, 4) is 5.75 Å². The number of alkyl halides is 3. The summed E-state index contributed by atoms with van der Waals surface area (Å²) < 4.78 is 44.2. The second-order valence-corrected chi connectivity index (χ2v) is 4.99. The van der Waals surface area contributed by atoms with Gasteiger partial charge in [0.1, 0.15) is 12.4 Å². The highest BCUT2D eigenvalue weighted by atomic mass is 19.4. The third-order valence-electron chi connectivity index (χ3n) is 3.18. The van der Waals surface area contributed by atoms with Crippen LogP contribution in [-0.2, 0) is 13.2 Å². The fourth-order valence-electron chi connectivity index (χ4n) is 1.89. The van der Waals surface area contributed by atoms with Crippen LogP contribution in [0, 0.1) is 0 Å². The van der Waals surface area contributed by atoms with Crippen molar-refractivity contribution in [2.45, 2.75) is 6.18 Å². The molecule has 2 aromatic rings. The number of halogens is 3. The largest absolute Gasteiger partial charge is 0.492 e. The van der Waals surface area contributed by atoms with Crippen molar-refractivity contribution in [1.29, 1.82) is 0 Å². The van der Waals surface area contributed by atoms with E-state index in [0.717, 1.165) is 12.1 Å². The Hall–Kier alpha value is -2.77. The molecule has 1 aromatic heterocycles. The lowest BCUT2D eigenvalue weighted by atomic mass is 10.2. The van der Waals surface area contributed by atoms with Gasteiger partial charge in [-0.2, -0.15) is 13.2 Å². The van der Waals surface area contributed by atoms with Crippen LogP contribution in [0.3, 0.4) is 0 Å². The SMILES string of the molecule is Cn1ccc(C(=O)NCCOc2cccc(C(F)(F)F)c2)cc1=O. The molecule has 1 heterocycles. The number of carbonyl (C=O) groups excluding carboxylic acids is 1.